The Bertz CT molecular complexity index is 1030. The van der Waals surface area contributed by atoms with Crippen LogP contribution < -0.4 is 308 Å². The second-order valence-corrected chi connectivity index (χ2v) is 9.74. The molecule has 0 saturated heterocycles. The third kappa shape index (κ3) is 33.1. The topological polar surface area (TPSA) is 451 Å². The van der Waals surface area contributed by atoms with Crippen LogP contribution in [-0.2, 0) is 79.0 Å². The van der Waals surface area contributed by atoms with Gasteiger partial charge in [-0.25, -0.2) is 25.2 Å². The molecule has 36 heteroatoms. The number of rotatable bonds is 12. The standard InChI is InChI=1S/C6H12O20S6.6K.4H2O/c7-27-21-1-2(22-28(8)9)3(23-29(10)11)5(25-31(15,16)17)6(26-32(18,19)20)4(1)24-30(12,13)14;;;;;;;;;;/h1-7H,(H,8,9)(H,10,11)(H,12,13,14)(H,15,16,17)(H,18,19,20);;;;;;;4*1H2/q;6*+1;;;;/p-4/t1?,2-,3-,4-,5?,6?;;;;;;;;;;/m0........../s1. The van der Waals surface area contributed by atoms with Gasteiger partial charge in [-0.3, -0.25) is 21.7 Å². The number of hydrogen-bond donors (Lipinski definition) is 2. The van der Waals surface area contributed by atoms with E-state index in [1.165, 1.54) is 0 Å². The summed E-state index contributed by atoms with van der Waals surface area (Å²) in [4.78, 5) is 0. The van der Waals surface area contributed by atoms with Crippen LogP contribution in [0, 0.1) is 0 Å². The normalized spacial score (nSPS) is 24.2. The summed E-state index contributed by atoms with van der Waals surface area (Å²) < 4.78 is 175. The van der Waals surface area contributed by atoms with Crippen LogP contribution in [0.25, 0.3) is 0 Å². The molecule has 0 heterocycles. The molecule has 0 aromatic heterocycles. The van der Waals surface area contributed by atoms with Gasteiger partial charge in [-0.1, -0.05) is 0 Å². The van der Waals surface area contributed by atoms with Crippen LogP contribution in [-0.4, -0.2) is 120 Å². The van der Waals surface area contributed by atoms with Crippen molar-refractivity contribution in [2.45, 2.75) is 36.6 Å². The second kappa shape index (κ2) is 36.3. The van der Waals surface area contributed by atoms with Gasteiger partial charge >= 0.3 is 329 Å². The molecule has 0 amide bonds. The van der Waals surface area contributed by atoms with Crippen LogP contribution in [0.2, 0.25) is 0 Å². The van der Waals surface area contributed by atoms with Crippen LogP contribution in [0.15, 0.2) is 0 Å². The maximum absolute atomic E-state index is 11.2. The summed E-state index contributed by atoms with van der Waals surface area (Å²) in [5.41, 5.74) is 0. The summed E-state index contributed by atoms with van der Waals surface area (Å²) >= 11 is -8.43. The molecule has 1 aliphatic rings. The minimum absolute atomic E-state index is 0. The van der Waals surface area contributed by atoms with Crippen LogP contribution >= 0.6 is 12.3 Å². The van der Waals surface area contributed by atoms with Gasteiger partial charge in [-0.2, -0.15) is 16.8 Å². The minimum atomic E-state index is -5.96. The Morgan fingerprint density at radius 3 is 1.07 bits per heavy atom. The van der Waals surface area contributed by atoms with E-state index in [-0.39, 0.29) is 330 Å². The SMILES string of the molecule is O.O.O.O.O=S([O-])O[C@@H]1C(OS(=O)(=O)O)C(OS(=O)(=O)O)[C@@H](OS(=O)(=O)[O-])C(OS[O-])[C@@H]1OS(=O)[O-].[K+].[K+].[K+].[K+].[K+].[K+]. The van der Waals surface area contributed by atoms with E-state index in [0.29, 0.717) is 0 Å². The summed E-state index contributed by atoms with van der Waals surface area (Å²) in [6.45, 7) is 0. The third-order valence-electron chi connectivity index (χ3n) is 3.17. The molecule has 0 aromatic rings. The Balaban J connectivity index is -0.000000128. The van der Waals surface area contributed by atoms with Crippen molar-refractivity contribution in [3.63, 3.8) is 0 Å². The van der Waals surface area contributed by atoms with Crippen molar-refractivity contribution in [2.75, 3.05) is 0 Å². The van der Waals surface area contributed by atoms with Crippen molar-refractivity contribution >= 4 is 66.2 Å². The molecule has 0 bridgehead atoms. The molecular formula is C6H16K6O24S6+2. The monoisotopic (exact) mass is 898 g/mol. The summed E-state index contributed by atoms with van der Waals surface area (Å²) in [7, 11) is -17.5. The molecule has 224 valence electrons. The van der Waals surface area contributed by atoms with E-state index in [0.717, 1.165) is 0 Å². The molecule has 1 saturated carbocycles. The molecule has 5 unspecified atom stereocenters. The molecule has 8 atom stereocenters. The van der Waals surface area contributed by atoms with Gasteiger partial charge < -0.3 is 44.3 Å². The quantitative estimate of drug-likeness (QED) is 0.0604. The summed E-state index contributed by atoms with van der Waals surface area (Å²) in [5.74, 6) is 0. The average molecular weight is 899 g/mol. The Morgan fingerprint density at radius 1 is 0.571 bits per heavy atom. The Kier molecular flexibility index (Phi) is 66.1. The predicted octanol–water partition coefficient (Wildman–Crippen LogP) is -25.5. The van der Waals surface area contributed by atoms with Gasteiger partial charge in [0.15, 0.2) is 0 Å². The van der Waals surface area contributed by atoms with Crippen molar-refractivity contribution in [1.29, 1.82) is 0 Å². The predicted molar refractivity (Wildman–Crippen MR) is 103 cm³/mol. The van der Waals surface area contributed by atoms with Gasteiger partial charge in [-0.05, 0) is 0 Å². The van der Waals surface area contributed by atoms with E-state index < -0.39 is 103 Å². The maximum atomic E-state index is 11.2. The van der Waals surface area contributed by atoms with Crippen molar-refractivity contribution in [3.05, 3.63) is 0 Å². The molecule has 10 N–H and O–H groups in total. The largest absolute Gasteiger partial charge is 1.00 e. The second-order valence-electron chi connectivity index (χ2n) is 5.11. The molecule has 0 spiro atoms. The molecule has 1 rings (SSSR count). The zero-order valence-corrected chi connectivity index (χ0v) is 45.8. The molecule has 0 radical (unpaired) electrons. The zero-order chi connectivity index (χ0) is 25.1. The molecular weight excluding hydrogens is 883 g/mol. The van der Waals surface area contributed by atoms with Gasteiger partial charge in [0.05, 0.1) is 22.7 Å². The van der Waals surface area contributed by atoms with Crippen molar-refractivity contribution < 1.29 is 416 Å². The fourth-order valence-electron chi connectivity index (χ4n) is 2.42. The Labute approximate surface area is 504 Å². The van der Waals surface area contributed by atoms with Crippen LogP contribution in [0.3, 0.4) is 0 Å². The first-order valence-electron chi connectivity index (χ1n) is 6.78. The first kappa shape index (κ1) is 76.4. The van der Waals surface area contributed by atoms with Gasteiger partial charge in [0.25, 0.3) is 0 Å². The van der Waals surface area contributed by atoms with E-state index in [4.69, 9.17) is 9.11 Å². The third-order valence-corrected chi connectivity index (χ3v) is 5.62. The molecule has 0 aliphatic heterocycles. The smallest absolute Gasteiger partial charge is 0.776 e. The van der Waals surface area contributed by atoms with Gasteiger partial charge in [0.1, 0.15) is 36.6 Å². The van der Waals surface area contributed by atoms with Crippen LogP contribution in [0.5, 0.6) is 0 Å². The van der Waals surface area contributed by atoms with Crippen LogP contribution in [0.1, 0.15) is 0 Å². The van der Waals surface area contributed by atoms with Crippen LogP contribution in [0.4, 0.5) is 0 Å². The molecule has 42 heavy (non-hydrogen) atoms. The molecule has 0 aromatic carbocycles. The van der Waals surface area contributed by atoms with E-state index in [2.05, 4.69) is 25.1 Å². The molecule has 1 fully saturated rings. The van der Waals surface area contributed by atoms with Gasteiger partial charge in [-0.15, -0.1) is 12.3 Å². The summed E-state index contributed by atoms with van der Waals surface area (Å²) in [6, 6.07) is 0. The van der Waals surface area contributed by atoms with E-state index in [1.54, 1.807) is 0 Å². The molecule has 1 aliphatic carbocycles. The zero-order valence-electron chi connectivity index (χ0n) is 22.2. The van der Waals surface area contributed by atoms with E-state index >= 15 is 0 Å². The van der Waals surface area contributed by atoms with Crippen molar-refractivity contribution in [3.8, 4) is 0 Å². The molecule has 24 nitrogen and oxygen atoms in total. The Hall–Kier alpha value is 9.68. The van der Waals surface area contributed by atoms with Gasteiger partial charge in [0, 0.05) is 0 Å². The summed E-state index contributed by atoms with van der Waals surface area (Å²) in [5, 5.41) is 0. The fraction of sp³-hybridized carbons (Fsp3) is 1.00. The maximum Gasteiger partial charge on any atom is 1.00 e. The van der Waals surface area contributed by atoms with E-state index in [1.807, 2.05) is 0 Å². The van der Waals surface area contributed by atoms with Crippen molar-refractivity contribution in [2.24, 2.45) is 0 Å². The van der Waals surface area contributed by atoms with E-state index in [9.17, 15) is 51.9 Å². The van der Waals surface area contributed by atoms with Crippen molar-refractivity contribution in [1.82, 2.24) is 0 Å². The minimum Gasteiger partial charge on any atom is -0.776 e. The first-order chi connectivity index (χ1) is 14.3. The summed E-state index contributed by atoms with van der Waals surface area (Å²) in [6.07, 6.45) is -16.8. The fourth-order valence-corrected chi connectivity index (χ4v) is 5.02. The number of hydrogen-bond acceptors (Lipinski definition) is 19. The Morgan fingerprint density at radius 2 is 0.833 bits per heavy atom. The van der Waals surface area contributed by atoms with Gasteiger partial charge in [0.2, 0.25) is 10.4 Å². The average Bonchev–Trinajstić information content (AvgIpc) is 2.53. The first-order valence-corrected chi connectivity index (χ1v) is 13.5.